The molecule has 3 heteroatoms. The number of halogens is 1. The number of benzene rings is 2. The van der Waals surface area contributed by atoms with Gasteiger partial charge >= 0.3 is 0 Å². The molecule has 0 atom stereocenters. The molecule has 0 aliphatic carbocycles. The smallest absolute Gasteiger partial charge is 0.166 e. The lowest BCUT2D eigenvalue weighted by Gasteiger charge is -2.07. The van der Waals surface area contributed by atoms with Crippen molar-refractivity contribution in [3.8, 4) is 17.6 Å². The molecule has 0 saturated heterocycles. The highest BCUT2D eigenvalue weighted by Crippen LogP contribution is 2.19. The first kappa shape index (κ1) is 24.7. The molecule has 0 N–H and O–H groups in total. The van der Waals surface area contributed by atoms with E-state index in [1.165, 1.54) is 64.4 Å². The van der Waals surface area contributed by atoms with Crippen LogP contribution < -0.4 is 4.74 Å². The lowest BCUT2D eigenvalue weighted by atomic mass is 10.1. The summed E-state index contributed by atoms with van der Waals surface area (Å²) in [5.41, 5.74) is 2.03. The molecular formula is C28H35FO2. The SMILES string of the molecule is CCCCCCCCCCCCOc1ccc(C#Cc2ccc(C(C)=O)cc2)cc1F. The van der Waals surface area contributed by atoms with Gasteiger partial charge in [0, 0.05) is 16.7 Å². The van der Waals surface area contributed by atoms with Crippen molar-refractivity contribution in [2.24, 2.45) is 0 Å². The second kappa shape index (κ2) is 14.4. The van der Waals surface area contributed by atoms with Crippen molar-refractivity contribution in [3.05, 3.63) is 65.0 Å². The Bertz CT molecular complexity index is 859. The average Bonchev–Trinajstić information content (AvgIpc) is 2.77. The fraction of sp³-hybridized carbons (Fsp3) is 0.464. The van der Waals surface area contributed by atoms with Gasteiger partial charge in [0.25, 0.3) is 0 Å². The molecule has 0 spiro atoms. The molecule has 2 rings (SSSR count). The first-order valence-corrected chi connectivity index (χ1v) is 11.7. The van der Waals surface area contributed by atoms with Crippen LogP contribution in [-0.2, 0) is 0 Å². The Kier molecular flexibility index (Phi) is 11.5. The highest BCUT2D eigenvalue weighted by Gasteiger charge is 2.04. The van der Waals surface area contributed by atoms with Crippen LogP contribution in [0.3, 0.4) is 0 Å². The number of unbranched alkanes of at least 4 members (excludes halogenated alkanes) is 9. The minimum absolute atomic E-state index is 0.0231. The lowest BCUT2D eigenvalue weighted by Crippen LogP contribution is -1.99. The molecule has 0 radical (unpaired) electrons. The summed E-state index contributed by atoms with van der Waals surface area (Å²) in [6.07, 6.45) is 12.6. The zero-order valence-electron chi connectivity index (χ0n) is 19.0. The summed E-state index contributed by atoms with van der Waals surface area (Å²) in [6.45, 7) is 4.32. The molecule has 0 fully saturated rings. The van der Waals surface area contributed by atoms with Crippen molar-refractivity contribution in [2.45, 2.75) is 78.1 Å². The van der Waals surface area contributed by atoms with Gasteiger partial charge in [0.05, 0.1) is 6.61 Å². The van der Waals surface area contributed by atoms with E-state index < -0.39 is 0 Å². The number of carbonyl (C=O) groups is 1. The van der Waals surface area contributed by atoms with Crippen molar-refractivity contribution >= 4 is 5.78 Å². The number of Topliss-reactive ketones (excluding diaryl/α,β-unsaturated/α-hetero) is 1. The molecule has 0 unspecified atom stereocenters. The number of rotatable bonds is 13. The third-order valence-corrected chi connectivity index (χ3v) is 5.33. The van der Waals surface area contributed by atoms with Gasteiger partial charge in [-0.3, -0.25) is 4.79 Å². The van der Waals surface area contributed by atoms with Crippen molar-refractivity contribution in [1.82, 2.24) is 0 Å². The van der Waals surface area contributed by atoms with Gasteiger partial charge < -0.3 is 4.74 Å². The molecule has 2 nitrogen and oxygen atoms in total. The van der Waals surface area contributed by atoms with E-state index in [2.05, 4.69) is 18.8 Å². The molecule has 0 amide bonds. The molecule has 0 saturated carbocycles. The van der Waals surface area contributed by atoms with E-state index in [1.54, 1.807) is 36.4 Å². The fourth-order valence-corrected chi connectivity index (χ4v) is 3.40. The van der Waals surface area contributed by atoms with E-state index in [-0.39, 0.29) is 17.3 Å². The first-order chi connectivity index (χ1) is 15.1. The van der Waals surface area contributed by atoms with Crippen LogP contribution in [0.2, 0.25) is 0 Å². The van der Waals surface area contributed by atoms with E-state index in [1.807, 2.05) is 0 Å². The van der Waals surface area contributed by atoms with Gasteiger partial charge in [-0.2, -0.15) is 0 Å². The van der Waals surface area contributed by atoms with E-state index >= 15 is 0 Å². The lowest BCUT2D eigenvalue weighted by molar-refractivity contribution is 0.101. The average molecular weight is 423 g/mol. The molecule has 0 aliphatic heterocycles. The van der Waals surface area contributed by atoms with Gasteiger partial charge in [0.2, 0.25) is 0 Å². The number of ether oxygens (including phenoxy) is 1. The van der Waals surface area contributed by atoms with Crippen molar-refractivity contribution < 1.29 is 13.9 Å². The largest absolute Gasteiger partial charge is 0.491 e. The Morgan fingerprint density at radius 1 is 0.806 bits per heavy atom. The maximum Gasteiger partial charge on any atom is 0.166 e. The summed E-state index contributed by atoms with van der Waals surface area (Å²) < 4.78 is 19.9. The quantitative estimate of drug-likeness (QED) is 0.187. The van der Waals surface area contributed by atoms with Crippen molar-refractivity contribution in [3.63, 3.8) is 0 Å². The van der Waals surface area contributed by atoms with Crippen LogP contribution >= 0.6 is 0 Å². The zero-order chi connectivity index (χ0) is 22.3. The van der Waals surface area contributed by atoms with Gasteiger partial charge in [-0.1, -0.05) is 88.7 Å². The Morgan fingerprint density at radius 2 is 1.35 bits per heavy atom. The van der Waals surface area contributed by atoms with Crippen LogP contribution in [0.15, 0.2) is 42.5 Å². The van der Waals surface area contributed by atoms with E-state index in [4.69, 9.17) is 4.74 Å². The Hall–Kier alpha value is -2.60. The summed E-state index contributed by atoms with van der Waals surface area (Å²) in [7, 11) is 0. The molecule has 0 heterocycles. The second-order valence-corrected chi connectivity index (χ2v) is 8.06. The van der Waals surface area contributed by atoms with Gasteiger partial charge in [-0.15, -0.1) is 0 Å². The molecule has 2 aromatic rings. The summed E-state index contributed by atoms with van der Waals surface area (Å²) >= 11 is 0. The maximum atomic E-state index is 14.3. The summed E-state index contributed by atoms with van der Waals surface area (Å²) in [6, 6.07) is 11.9. The Morgan fingerprint density at radius 3 is 1.94 bits per heavy atom. The monoisotopic (exact) mass is 422 g/mol. The highest BCUT2D eigenvalue weighted by molar-refractivity contribution is 5.94. The van der Waals surface area contributed by atoms with Crippen LogP contribution in [0.1, 0.15) is 99.5 Å². The topological polar surface area (TPSA) is 26.3 Å². The third-order valence-electron chi connectivity index (χ3n) is 5.33. The summed E-state index contributed by atoms with van der Waals surface area (Å²) in [4.78, 5) is 11.3. The minimum Gasteiger partial charge on any atom is -0.491 e. The summed E-state index contributed by atoms with van der Waals surface area (Å²) in [5, 5.41) is 0. The maximum absolute atomic E-state index is 14.3. The van der Waals surface area contributed by atoms with Crippen LogP contribution in [-0.4, -0.2) is 12.4 Å². The molecule has 0 aromatic heterocycles. The standard InChI is InChI=1S/C28H35FO2/c1-3-4-5-6-7-8-9-10-11-12-21-31-28-20-17-25(22-27(28)29)14-13-24-15-18-26(19-16-24)23(2)30/h15-20,22H,3-12,21H2,1-2H3. The number of carbonyl (C=O) groups excluding carboxylic acids is 1. The summed E-state index contributed by atoms with van der Waals surface area (Å²) in [5.74, 6) is 5.88. The van der Waals surface area contributed by atoms with E-state index in [0.717, 1.165) is 18.4 Å². The van der Waals surface area contributed by atoms with Gasteiger partial charge in [-0.25, -0.2) is 4.39 Å². The zero-order valence-corrected chi connectivity index (χ0v) is 19.0. The molecule has 2 aromatic carbocycles. The minimum atomic E-state index is -0.384. The van der Waals surface area contributed by atoms with Crippen molar-refractivity contribution in [2.75, 3.05) is 6.61 Å². The highest BCUT2D eigenvalue weighted by atomic mass is 19.1. The second-order valence-electron chi connectivity index (χ2n) is 8.06. The molecular weight excluding hydrogens is 387 g/mol. The number of hydrogen-bond donors (Lipinski definition) is 0. The van der Waals surface area contributed by atoms with Gasteiger partial charge in [0.1, 0.15) is 0 Å². The van der Waals surface area contributed by atoms with Crippen molar-refractivity contribution in [1.29, 1.82) is 0 Å². The fourth-order valence-electron chi connectivity index (χ4n) is 3.40. The van der Waals surface area contributed by atoms with Crippen LogP contribution in [0.4, 0.5) is 4.39 Å². The molecule has 31 heavy (non-hydrogen) atoms. The normalized spacial score (nSPS) is 10.4. The first-order valence-electron chi connectivity index (χ1n) is 11.7. The predicted molar refractivity (Wildman–Crippen MR) is 126 cm³/mol. The van der Waals surface area contributed by atoms with E-state index in [0.29, 0.717) is 17.7 Å². The van der Waals surface area contributed by atoms with Gasteiger partial charge in [-0.05, 0) is 43.7 Å². The number of ketones is 1. The Labute approximate surface area is 187 Å². The molecule has 0 bridgehead atoms. The number of hydrogen-bond acceptors (Lipinski definition) is 2. The van der Waals surface area contributed by atoms with Gasteiger partial charge in [0.15, 0.2) is 17.3 Å². The van der Waals surface area contributed by atoms with Crippen LogP contribution in [0.25, 0.3) is 0 Å². The Balaban J connectivity index is 1.68. The van der Waals surface area contributed by atoms with Crippen LogP contribution in [0, 0.1) is 17.7 Å². The molecule has 0 aliphatic rings. The van der Waals surface area contributed by atoms with Crippen LogP contribution in [0.5, 0.6) is 5.75 Å². The van der Waals surface area contributed by atoms with E-state index in [9.17, 15) is 9.18 Å². The predicted octanol–water partition coefficient (Wildman–Crippen LogP) is 7.73. The molecule has 166 valence electrons. The third kappa shape index (κ3) is 9.83.